The zero-order valence-electron chi connectivity index (χ0n) is 30.8. The van der Waals surface area contributed by atoms with Crippen LogP contribution in [0, 0.1) is 6.92 Å². The van der Waals surface area contributed by atoms with Gasteiger partial charge in [0.25, 0.3) is 0 Å². The van der Waals surface area contributed by atoms with Gasteiger partial charge in [0.2, 0.25) is 11.9 Å². The van der Waals surface area contributed by atoms with E-state index in [1.807, 2.05) is 19.2 Å². The Morgan fingerprint density at radius 2 is 1.80 bits per heavy atom. The van der Waals surface area contributed by atoms with Gasteiger partial charge in [-0.25, -0.2) is 14.7 Å². The Morgan fingerprint density at radius 1 is 1.06 bits per heavy atom. The van der Waals surface area contributed by atoms with Crippen LogP contribution in [-0.2, 0) is 25.9 Å². The van der Waals surface area contributed by atoms with E-state index in [0.717, 1.165) is 52.6 Å². The fraction of sp³-hybridized carbons (Fsp3) is 0.500. The first-order chi connectivity index (χ1) is 23.4. The Labute approximate surface area is 295 Å². The summed E-state index contributed by atoms with van der Waals surface area (Å²) < 4.78 is 17.8. The van der Waals surface area contributed by atoms with Gasteiger partial charge in [-0.2, -0.15) is 4.98 Å². The SMILES string of the molecule is COc1ccc2c(c1)[C@]1(C[C@H]1c1ccc3c(c1)CN=C3Nc1nc(N3CC(O[Si](C)(C)C(C)(C)C)C3)ncc1C)C(=O)N2C(=O)OC(C)(C)C. The predicted octanol–water partition coefficient (Wildman–Crippen LogP) is 7.08. The average molecular weight is 697 g/mol. The molecule has 3 aliphatic heterocycles. The second-order valence-electron chi connectivity index (χ2n) is 16.5. The van der Waals surface area contributed by atoms with Crippen molar-refractivity contribution in [3.63, 3.8) is 0 Å². The number of carbonyl (C=O) groups is 2. The number of aromatic nitrogens is 2. The minimum absolute atomic E-state index is 0.0942. The smallest absolute Gasteiger partial charge is 0.421 e. The van der Waals surface area contributed by atoms with E-state index in [4.69, 9.17) is 23.9 Å². The molecule has 1 aromatic heterocycles. The summed E-state index contributed by atoms with van der Waals surface area (Å²) in [5, 5.41) is 3.65. The number of nitrogens with one attached hydrogen (secondary N) is 1. The molecule has 4 heterocycles. The van der Waals surface area contributed by atoms with E-state index >= 15 is 0 Å². The molecular weight excluding hydrogens is 649 g/mol. The lowest BCUT2D eigenvalue weighted by atomic mass is 9.91. The highest BCUT2D eigenvalue weighted by atomic mass is 28.4. The molecule has 3 aromatic rings. The summed E-state index contributed by atoms with van der Waals surface area (Å²) in [6, 6.07) is 11.7. The maximum absolute atomic E-state index is 14.1. The van der Waals surface area contributed by atoms with Crippen molar-refractivity contribution in [2.75, 3.05) is 35.3 Å². The normalized spacial score (nSPS) is 21.5. The third-order valence-electron chi connectivity index (χ3n) is 10.8. The zero-order chi connectivity index (χ0) is 36.0. The third kappa shape index (κ3) is 5.75. The van der Waals surface area contributed by atoms with Gasteiger partial charge in [0, 0.05) is 36.3 Å². The number of fused-ring (bicyclic) bond motifs is 3. The van der Waals surface area contributed by atoms with Crippen LogP contribution in [0.4, 0.5) is 22.2 Å². The molecule has 1 saturated carbocycles. The zero-order valence-corrected chi connectivity index (χ0v) is 31.8. The number of anilines is 3. The molecule has 1 saturated heterocycles. The first-order valence-corrected chi connectivity index (χ1v) is 20.3. The van der Waals surface area contributed by atoms with E-state index < -0.39 is 25.4 Å². The maximum atomic E-state index is 14.1. The van der Waals surface area contributed by atoms with Crippen LogP contribution in [0.25, 0.3) is 0 Å². The molecule has 0 unspecified atom stereocenters. The van der Waals surface area contributed by atoms with Crippen molar-refractivity contribution < 1.29 is 23.5 Å². The fourth-order valence-electron chi connectivity index (χ4n) is 6.95. The lowest BCUT2D eigenvalue weighted by Gasteiger charge is -2.46. The van der Waals surface area contributed by atoms with Crippen molar-refractivity contribution in [2.45, 2.75) is 103 Å². The van der Waals surface area contributed by atoms with Crippen LogP contribution in [-0.4, -0.2) is 68.0 Å². The average Bonchev–Trinajstić information content (AvgIpc) is 3.57. The lowest BCUT2D eigenvalue weighted by molar-refractivity contribution is -0.120. The van der Waals surface area contributed by atoms with Crippen LogP contribution in [0.15, 0.2) is 47.6 Å². The molecule has 1 aliphatic carbocycles. The first kappa shape index (κ1) is 34.2. The van der Waals surface area contributed by atoms with Crippen LogP contribution in [0.3, 0.4) is 0 Å². The Bertz CT molecular complexity index is 1930. The van der Waals surface area contributed by atoms with Gasteiger partial charge in [0.1, 0.15) is 23.0 Å². The van der Waals surface area contributed by atoms with E-state index in [9.17, 15) is 9.59 Å². The van der Waals surface area contributed by atoms with Gasteiger partial charge in [0.05, 0.1) is 30.9 Å². The molecule has 12 heteroatoms. The van der Waals surface area contributed by atoms with E-state index in [1.165, 1.54) is 4.90 Å². The Balaban J connectivity index is 1.07. The molecule has 11 nitrogen and oxygen atoms in total. The molecule has 0 bridgehead atoms. The second-order valence-corrected chi connectivity index (χ2v) is 21.3. The summed E-state index contributed by atoms with van der Waals surface area (Å²) >= 11 is 0. The minimum Gasteiger partial charge on any atom is -0.497 e. The summed E-state index contributed by atoms with van der Waals surface area (Å²) in [6.07, 6.45) is 1.98. The molecule has 1 N–H and O–H groups in total. The highest BCUT2D eigenvalue weighted by Gasteiger charge is 2.68. The number of hydrogen-bond acceptors (Lipinski definition) is 10. The number of amidine groups is 1. The lowest BCUT2D eigenvalue weighted by Crippen LogP contribution is -2.58. The van der Waals surface area contributed by atoms with Crippen molar-refractivity contribution in [3.8, 4) is 5.75 Å². The first-order valence-electron chi connectivity index (χ1n) is 17.4. The Kier molecular flexibility index (Phi) is 7.95. The van der Waals surface area contributed by atoms with Crippen molar-refractivity contribution in [1.29, 1.82) is 0 Å². The van der Waals surface area contributed by atoms with E-state index in [-0.39, 0.29) is 23.0 Å². The molecule has 2 fully saturated rings. The van der Waals surface area contributed by atoms with Gasteiger partial charge in [0.15, 0.2) is 8.32 Å². The van der Waals surface area contributed by atoms with Crippen LogP contribution in [0.1, 0.15) is 81.7 Å². The van der Waals surface area contributed by atoms with Gasteiger partial charge >= 0.3 is 6.09 Å². The summed E-state index contributed by atoms with van der Waals surface area (Å²) in [5.74, 6) is 2.46. The van der Waals surface area contributed by atoms with Gasteiger partial charge in [-0.1, -0.05) is 39.0 Å². The molecule has 1 spiro atoms. The maximum Gasteiger partial charge on any atom is 0.421 e. The third-order valence-corrected chi connectivity index (χ3v) is 15.4. The summed E-state index contributed by atoms with van der Waals surface area (Å²) in [5.41, 5.74) is 3.82. The number of ether oxygens (including phenoxy) is 2. The van der Waals surface area contributed by atoms with Gasteiger partial charge in [-0.15, -0.1) is 0 Å². The minimum atomic E-state index is -1.84. The predicted molar refractivity (Wildman–Crippen MR) is 197 cm³/mol. The van der Waals surface area contributed by atoms with Crippen molar-refractivity contribution in [1.82, 2.24) is 9.97 Å². The quantitative estimate of drug-likeness (QED) is 0.270. The number of amides is 2. The molecule has 2 atom stereocenters. The number of rotatable bonds is 6. The summed E-state index contributed by atoms with van der Waals surface area (Å²) in [4.78, 5) is 45.1. The van der Waals surface area contributed by atoms with E-state index in [0.29, 0.717) is 30.4 Å². The molecule has 7 rings (SSSR count). The fourth-order valence-corrected chi connectivity index (χ4v) is 8.28. The van der Waals surface area contributed by atoms with Crippen LogP contribution >= 0.6 is 0 Å². The van der Waals surface area contributed by atoms with Gasteiger partial charge in [-0.05, 0) is 87.1 Å². The van der Waals surface area contributed by atoms with Crippen LogP contribution in [0.2, 0.25) is 18.1 Å². The monoisotopic (exact) mass is 696 g/mol. The van der Waals surface area contributed by atoms with Gasteiger partial charge in [-0.3, -0.25) is 9.79 Å². The molecule has 2 amide bonds. The second kappa shape index (κ2) is 11.6. The van der Waals surface area contributed by atoms with Crippen molar-refractivity contribution in [3.05, 3.63) is 70.4 Å². The standard InChI is InChI=1S/C38H48N6O5Si/c1-22-18-40-34(43-20-26(21-43)49-50(9,10)37(5,6)7)42-31(22)41-32-27-13-11-23(15-24(27)19-39-32)29-17-38(29)28-16-25(47-8)12-14-30(28)44(33(38)45)35(46)48-36(2,3)4/h11-16,18,26,29H,17,19-21H2,1-10H3,(H,39,40,41,42)/t29-,38-/m0/s1. The van der Waals surface area contributed by atoms with Crippen molar-refractivity contribution in [2.24, 2.45) is 4.99 Å². The van der Waals surface area contributed by atoms with Crippen LogP contribution < -0.4 is 19.9 Å². The Morgan fingerprint density at radius 3 is 2.48 bits per heavy atom. The number of benzene rings is 2. The van der Waals surface area contributed by atoms with Crippen molar-refractivity contribution >= 4 is 43.6 Å². The number of methoxy groups -OCH3 is 1. The highest BCUT2D eigenvalue weighted by Crippen LogP contribution is 2.67. The molecule has 2 aromatic carbocycles. The number of aliphatic imine (C=N–C) groups is 1. The van der Waals surface area contributed by atoms with Gasteiger partial charge < -0.3 is 24.1 Å². The number of nitrogens with zero attached hydrogens (tertiary/aromatic N) is 5. The number of imide groups is 1. The summed E-state index contributed by atoms with van der Waals surface area (Å²) in [6.45, 7) is 20.8. The van der Waals surface area contributed by atoms with E-state index in [1.54, 1.807) is 40.0 Å². The largest absolute Gasteiger partial charge is 0.497 e. The van der Waals surface area contributed by atoms with Crippen LogP contribution in [0.5, 0.6) is 5.75 Å². The molecule has 0 radical (unpaired) electrons. The highest BCUT2D eigenvalue weighted by molar-refractivity contribution is 6.74. The molecule has 264 valence electrons. The number of carbonyl (C=O) groups excluding carboxylic acids is 2. The molecular formula is C38H48N6O5Si. The number of aryl methyl sites for hydroxylation is 1. The molecule has 4 aliphatic rings. The number of hydrogen-bond donors (Lipinski definition) is 1. The summed E-state index contributed by atoms with van der Waals surface area (Å²) in [7, 11) is -0.240. The van der Waals surface area contributed by atoms with E-state index in [2.05, 4.69) is 67.3 Å². The molecule has 50 heavy (non-hydrogen) atoms. The Hall–Kier alpha value is -4.29. The topological polar surface area (TPSA) is 118 Å².